The number of halogens is 1. The van der Waals surface area contributed by atoms with E-state index < -0.39 is 0 Å². The van der Waals surface area contributed by atoms with Gasteiger partial charge in [-0.05, 0) is 35.7 Å². The molecule has 1 aromatic rings. The van der Waals surface area contributed by atoms with E-state index >= 15 is 0 Å². The van der Waals surface area contributed by atoms with E-state index in [2.05, 4.69) is 57.5 Å². The zero-order valence-electron chi connectivity index (χ0n) is 10.8. The fraction of sp³-hybridized carbons (Fsp3) is 0.692. The van der Waals surface area contributed by atoms with Gasteiger partial charge in [-0.15, -0.1) is 0 Å². The molecule has 2 unspecified atom stereocenters. The Morgan fingerprint density at radius 3 is 2.83 bits per heavy atom. The lowest BCUT2D eigenvalue weighted by atomic mass is 10.2. The lowest BCUT2D eigenvalue weighted by molar-refractivity contribution is 0.617. The van der Waals surface area contributed by atoms with Crippen LogP contribution in [0.5, 0.6) is 0 Å². The van der Waals surface area contributed by atoms with E-state index in [4.69, 9.17) is 4.98 Å². The highest BCUT2D eigenvalue weighted by Gasteiger charge is 2.30. The zero-order chi connectivity index (χ0) is 12.7. The summed E-state index contributed by atoms with van der Waals surface area (Å²) < 4.78 is 0.924. The summed E-state index contributed by atoms with van der Waals surface area (Å²) in [6.07, 6.45) is 2.50. The van der Waals surface area contributed by atoms with Crippen molar-refractivity contribution in [1.29, 1.82) is 0 Å². The lowest BCUT2D eigenvalue weighted by Gasteiger charge is -2.38. The van der Waals surface area contributed by atoms with Crippen molar-refractivity contribution < 1.29 is 0 Å². The summed E-state index contributed by atoms with van der Waals surface area (Å²) >= 11 is 5.58. The lowest BCUT2D eigenvalue weighted by Crippen LogP contribution is -2.45. The molecule has 3 rings (SSSR count). The van der Waals surface area contributed by atoms with Gasteiger partial charge in [-0.1, -0.05) is 6.92 Å². The molecule has 3 nitrogen and oxygen atoms in total. The van der Waals surface area contributed by atoms with Gasteiger partial charge in [0, 0.05) is 35.6 Å². The largest absolute Gasteiger partial charge is 0.352 e. The molecule has 0 spiro atoms. The van der Waals surface area contributed by atoms with E-state index in [1.165, 1.54) is 18.6 Å². The van der Waals surface area contributed by atoms with Gasteiger partial charge < -0.3 is 4.90 Å². The average Bonchev–Trinajstić information content (AvgIpc) is 3.16. The second-order valence-electron chi connectivity index (χ2n) is 5.19. The monoisotopic (exact) mass is 327 g/mol. The van der Waals surface area contributed by atoms with Gasteiger partial charge in [0.25, 0.3) is 0 Å². The Morgan fingerprint density at radius 1 is 1.33 bits per heavy atom. The van der Waals surface area contributed by atoms with Crippen LogP contribution in [0, 0.1) is 0 Å². The molecule has 2 heterocycles. The molecule has 18 heavy (non-hydrogen) atoms. The fourth-order valence-corrected chi connectivity index (χ4v) is 3.84. The summed E-state index contributed by atoms with van der Waals surface area (Å²) in [5, 5.41) is 0.664. The summed E-state index contributed by atoms with van der Waals surface area (Å²) in [5.41, 5.74) is 0. The minimum Gasteiger partial charge on any atom is -0.352 e. The van der Waals surface area contributed by atoms with Crippen LogP contribution in [0.25, 0.3) is 0 Å². The van der Waals surface area contributed by atoms with Crippen LogP contribution in [-0.4, -0.2) is 33.6 Å². The number of anilines is 1. The maximum absolute atomic E-state index is 4.78. The van der Waals surface area contributed by atoms with Crippen molar-refractivity contribution in [1.82, 2.24) is 9.97 Å². The molecule has 0 bridgehead atoms. The third-order valence-corrected chi connectivity index (χ3v) is 5.56. The van der Waals surface area contributed by atoms with Crippen LogP contribution in [0.4, 0.5) is 5.82 Å². The third kappa shape index (κ3) is 2.52. The number of thioether (sulfide) groups is 1. The van der Waals surface area contributed by atoms with Crippen LogP contribution in [0.2, 0.25) is 0 Å². The molecule has 0 amide bonds. The Balaban J connectivity index is 1.90. The number of nitrogens with zero attached hydrogens (tertiary/aromatic N) is 3. The molecule has 1 aliphatic carbocycles. The summed E-state index contributed by atoms with van der Waals surface area (Å²) in [5.74, 6) is 3.91. The Labute approximate surface area is 121 Å². The van der Waals surface area contributed by atoms with E-state index in [-0.39, 0.29) is 0 Å². The Morgan fingerprint density at radius 2 is 2.11 bits per heavy atom. The van der Waals surface area contributed by atoms with Crippen molar-refractivity contribution in [2.24, 2.45) is 0 Å². The van der Waals surface area contributed by atoms with Crippen molar-refractivity contribution in [3.63, 3.8) is 0 Å². The Hall–Kier alpha value is -0.290. The van der Waals surface area contributed by atoms with E-state index in [1.807, 2.05) is 0 Å². The SMILES string of the molecule is CC1SCCN(c2cc(Br)nc(C3CC3)n2)C1C. The molecule has 2 fully saturated rings. The second-order valence-corrected chi connectivity index (χ2v) is 7.49. The summed E-state index contributed by atoms with van der Waals surface area (Å²) in [4.78, 5) is 11.7. The van der Waals surface area contributed by atoms with Crippen LogP contribution >= 0.6 is 27.7 Å². The summed E-state index contributed by atoms with van der Waals surface area (Å²) in [7, 11) is 0. The standard InChI is InChI=1S/C13H18BrN3S/c1-8-9(2)18-6-5-17(8)12-7-11(14)15-13(16-12)10-3-4-10/h7-10H,3-6H2,1-2H3. The second kappa shape index (κ2) is 5.00. The van der Waals surface area contributed by atoms with Gasteiger partial charge in [-0.3, -0.25) is 0 Å². The van der Waals surface area contributed by atoms with E-state index in [9.17, 15) is 0 Å². The molecule has 0 aromatic carbocycles. The zero-order valence-corrected chi connectivity index (χ0v) is 13.2. The first-order valence-corrected chi connectivity index (χ1v) is 8.42. The first kappa shape index (κ1) is 12.7. The number of rotatable bonds is 2. The molecule has 2 aliphatic rings. The number of aromatic nitrogens is 2. The molecule has 1 aliphatic heterocycles. The topological polar surface area (TPSA) is 29.0 Å². The average molecular weight is 328 g/mol. The van der Waals surface area contributed by atoms with E-state index in [1.54, 1.807) is 0 Å². The van der Waals surface area contributed by atoms with Crippen LogP contribution in [0.15, 0.2) is 10.7 Å². The molecule has 0 N–H and O–H groups in total. The molecule has 0 radical (unpaired) electrons. The molecule has 1 saturated carbocycles. The van der Waals surface area contributed by atoms with Crippen LogP contribution in [0.3, 0.4) is 0 Å². The molecular formula is C13H18BrN3S. The third-order valence-electron chi connectivity index (χ3n) is 3.82. The van der Waals surface area contributed by atoms with Crippen molar-refractivity contribution in [2.75, 3.05) is 17.2 Å². The number of hydrogen-bond donors (Lipinski definition) is 0. The summed E-state index contributed by atoms with van der Waals surface area (Å²) in [6, 6.07) is 2.60. The Kier molecular flexibility index (Phi) is 3.54. The van der Waals surface area contributed by atoms with Gasteiger partial charge in [-0.2, -0.15) is 11.8 Å². The molecular weight excluding hydrogens is 310 g/mol. The van der Waals surface area contributed by atoms with Crippen molar-refractivity contribution in [3.8, 4) is 0 Å². The predicted molar refractivity (Wildman–Crippen MR) is 80.4 cm³/mol. The highest BCUT2D eigenvalue weighted by atomic mass is 79.9. The predicted octanol–water partition coefficient (Wildman–Crippen LogP) is 3.45. The minimum absolute atomic E-state index is 0.539. The van der Waals surface area contributed by atoms with Gasteiger partial charge in [0.1, 0.15) is 16.2 Å². The van der Waals surface area contributed by atoms with E-state index in [0.717, 1.165) is 22.8 Å². The fourth-order valence-electron chi connectivity index (χ4n) is 2.35. The van der Waals surface area contributed by atoms with Crippen molar-refractivity contribution in [3.05, 3.63) is 16.5 Å². The quantitative estimate of drug-likeness (QED) is 0.778. The van der Waals surface area contributed by atoms with Crippen LogP contribution in [0.1, 0.15) is 38.4 Å². The minimum atomic E-state index is 0.539. The maximum Gasteiger partial charge on any atom is 0.135 e. The van der Waals surface area contributed by atoms with E-state index in [0.29, 0.717) is 17.2 Å². The molecule has 98 valence electrons. The maximum atomic E-state index is 4.78. The van der Waals surface area contributed by atoms with Gasteiger partial charge in [0.05, 0.1) is 0 Å². The highest BCUT2D eigenvalue weighted by molar-refractivity contribution is 9.10. The van der Waals surface area contributed by atoms with Gasteiger partial charge in [-0.25, -0.2) is 9.97 Å². The van der Waals surface area contributed by atoms with Gasteiger partial charge >= 0.3 is 0 Å². The molecule has 1 aromatic heterocycles. The molecule has 5 heteroatoms. The molecule has 2 atom stereocenters. The van der Waals surface area contributed by atoms with Crippen LogP contribution in [-0.2, 0) is 0 Å². The summed E-state index contributed by atoms with van der Waals surface area (Å²) in [6.45, 7) is 5.69. The molecule has 1 saturated heterocycles. The van der Waals surface area contributed by atoms with Crippen LogP contribution < -0.4 is 4.90 Å². The highest BCUT2D eigenvalue weighted by Crippen LogP contribution is 2.39. The van der Waals surface area contributed by atoms with Crippen molar-refractivity contribution >= 4 is 33.5 Å². The Bertz CT molecular complexity index is 450. The van der Waals surface area contributed by atoms with Gasteiger partial charge in [0.15, 0.2) is 0 Å². The van der Waals surface area contributed by atoms with Gasteiger partial charge in [0.2, 0.25) is 0 Å². The first-order valence-electron chi connectivity index (χ1n) is 6.58. The smallest absolute Gasteiger partial charge is 0.135 e. The first-order chi connectivity index (χ1) is 8.65. The number of hydrogen-bond acceptors (Lipinski definition) is 4. The van der Waals surface area contributed by atoms with Crippen molar-refractivity contribution in [2.45, 2.75) is 43.9 Å². The normalized spacial score (nSPS) is 28.5.